The summed E-state index contributed by atoms with van der Waals surface area (Å²) in [5, 5.41) is 0. The van der Waals surface area contributed by atoms with Crippen LogP contribution in [0.15, 0.2) is 0 Å². The lowest BCUT2D eigenvalue weighted by Crippen LogP contribution is -2.33. The topological polar surface area (TPSA) is 88.1 Å². The van der Waals surface area contributed by atoms with Gasteiger partial charge >= 0.3 is 21.8 Å². The van der Waals surface area contributed by atoms with E-state index in [0.29, 0.717) is 19.6 Å². The van der Waals surface area contributed by atoms with Crippen LogP contribution in [0.1, 0.15) is 6.42 Å². The predicted octanol–water partition coefficient (Wildman–Crippen LogP) is -0.474. The zero-order valence-electron chi connectivity index (χ0n) is 8.36. The van der Waals surface area contributed by atoms with Gasteiger partial charge in [0.1, 0.15) is 0 Å². The first-order valence-corrected chi connectivity index (χ1v) is 7.10. The Morgan fingerprint density at radius 2 is 1.50 bits per heavy atom. The summed E-state index contributed by atoms with van der Waals surface area (Å²) in [4.78, 5) is 0. The molecule has 0 unspecified atom stereocenters. The first-order valence-electron chi connectivity index (χ1n) is 4.77. The van der Waals surface area contributed by atoms with E-state index in [-0.39, 0.29) is 25.0 Å². The Labute approximate surface area is 96.2 Å². The molecular formula is C7H12O7S2. The number of rotatable bonds is 2. The maximum Gasteiger partial charge on any atom is 0.399 e. The molecule has 0 atom stereocenters. The van der Waals surface area contributed by atoms with Crippen molar-refractivity contribution in [3.63, 3.8) is 0 Å². The van der Waals surface area contributed by atoms with E-state index in [1.807, 2.05) is 0 Å². The third-order valence-corrected chi connectivity index (χ3v) is 3.87. The monoisotopic (exact) mass is 272 g/mol. The first-order chi connectivity index (χ1) is 7.55. The van der Waals surface area contributed by atoms with E-state index in [9.17, 15) is 12.6 Å². The van der Waals surface area contributed by atoms with Crippen LogP contribution in [0.2, 0.25) is 0 Å². The Balaban J connectivity index is 1.77. The van der Waals surface area contributed by atoms with E-state index in [1.165, 1.54) is 0 Å². The van der Waals surface area contributed by atoms with Crippen LogP contribution >= 0.6 is 0 Å². The van der Waals surface area contributed by atoms with Crippen molar-refractivity contribution >= 4 is 21.8 Å². The van der Waals surface area contributed by atoms with Crippen molar-refractivity contribution in [3.8, 4) is 0 Å². The second-order valence-electron chi connectivity index (χ2n) is 3.72. The zero-order valence-corrected chi connectivity index (χ0v) is 10.00. The van der Waals surface area contributed by atoms with Crippen LogP contribution in [-0.2, 0) is 38.5 Å². The Kier molecular flexibility index (Phi) is 3.93. The van der Waals surface area contributed by atoms with Gasteiger partial charge in [0.2, 0.25) is 0 Å². The van der Waals surface area contributed by atoms with Gasteiger partial charge in [-0.05, 0) is 6.42 Å². The molecule has 0 saturated carbocycles. The summed E-state index contributed by atoms with van der Waals surface area (Å²) in [6, 6.07) is 0. The fraction of sp³-hybridized carbons (Fsp3) is 1.00. The Morgan fingerprint density at radius 3 is 2.06 bits per heavy atom. The summed E-state index contributed by atoms with van der Waals surface area (Å²) in [6.07, 6.45) is 0.659. The summed E-state index contributed by atoms with van der Waals surface area (Å²) >= 11 is -1.64. The minimum absolute atomic E-state index is 0.00717. The van der Waals surface area contributed by atoms with E-state index in [0.717, 1.165) is 0 Å². The number of hydrogen-bond acceptors (Lipinski definition) is 7. The molecule has 2 aliphatic rings. The van der Waals surface area contributed by atoms with Gasteiger partial charge < -0.3 is 0 Å². The second kappa shape index (κ2) is 5.07. The highest BCUT2D eigenvalue weighted by Gasteiger charge is 2.29. The van der Waals surface area contributed by atoms with Gasteiger partial charge in [0.25, 0.3) is 0 Å². The summed E-state index contributed by atoms with van der Waals surface area (Å²) in [6.45, 7) is 0.912. The van der Waals surface area contributed by atoms with E-state index in [1.54, 1.807) is 0 Å². The predicted molar refractivity (Wildman–Crippen MR) is 52.5 cm³/mol. The van der Waals surface area contributed by atoms with Crippen molar-refractivity contribution < 1.29 is 29.4 Å². The quantitative estimate of drug-likeness (QED) is 0.671. The first kappa shape index (κ1) is 12.4. The van der Waals surface area contributed by atoms with Crippen molar-refractivity contribution in [1.82, 2.24) is 0 Å². The van der Waals surface area contributed by atoms with Crippen LogP contribution in [0.4, 0.5) is 0 Å². The molecule has 0 radical (unpaired) electrons. The van der Waals surface area contributed by atoms with Crippen molar-refractivity contribution in [2.45, 2.75) is 6.42 Å². The minimum Gasteiger partial charge on any atom is -0.268 e. The van der Waals surface area contributed by atoms with Crippen LogP contribution in [0.3, 0.4) is 0 Å². The molecule has 2 fully saturated rings. The molecule has 0 amide bonds. The lowest BCUT2D eigenvalue weighted by atomic mass is 9.97. The Hall–Kier alpha value is -0.0600. The van der Waals surface area contributed by atoms with Crippen LogP contribution in [0.25, 0.3) is 0 Å². The zero-order chi connectivity index (χ0) is 11.6. The van der Waals surface area contributed by atoms with Gasteiger partial charge in [-0.3, -0.25) is 8.37 Å². The summed E-state index contributed by atoms with van der Waals surface area (Å²) in [5.41, 5.74) is 0. The summed E-state index contributed by atoms with van der Waals surface area (Å²) in [7, 11) is -3.78. The van der Waals surface area contributed by atoms with Gasteiger partial charge in [0.15, 0.2) is 0 Å². The van der Waals surface area contributed by atoms with Crippen LogP contribution in [-0.4, -0.2) is 39.1 Å². The molecule has 0 bridgehead atoms. The highest BCUT2D eigenvalue weighted by Crippen LogP contribution is 2.22. The Morgan fingerprint density at radius 1 is 1.00 bits per heavy atom. The van der Waals surface area contributed by atoms with Crippen molar-refractivity contribution in [1.29, 1.82) is 0 Å². The fourth-order valence-corrected chi connectivity index (χ4v) is 3.03. The largest absolute Gasteiger partial charge is 0.399 e. The molecule has 9 heteroatoms. The highest BCUT2D eigenvalue weighted by atomic mass is 32.3. The van der Waals surface area contributed by atoms with E-state index >= 15 is 0 Å². The molecule has 2 aliphatic heterocycles. The standard InChI is InChI=1S/C7H12O7S2/c8-15-11-2-6(3-12-15)1-7-4-13-16(9,10)14-5-7/h6-7H,1-5H2. The molecule has 16 heavy (non-hydrogen) atoms. The molecule has 7 nitrogen and oxygen atoms in total. The van der Waals surface area contributed by atoms with Gasteiger partial charge in [-0.1, -0.05) is 0 Å². The summed E-state index contributed by atoms with van der Waals surface area (Å²) < 4.78 is 51.1. The molecule has 2 rings (SSSR count). The highest BCUT2D eigenvalue weighted by molar-refractivity contribution is 7.81. The maximum atomic E-state index is 10.8. The molecule has 0 N–H and O–H groups in total. The van der Waals surface area contributed by atoms with Crippen molar-refractivity contribution in [2.24, 2.45) is 11.8 Å². The lowest BCUT2D eigenvalue weighted by molar-refractivity contribution is 0.0578. The van der Waals surface area contributed by atoms with Gasteiger partial charge in [0.05, 0.1) is 26.4 Å². The smallest absolute Gasteiger partial charge is 0.268 e. The Bertz CT molecular complexity index is 341. The molecule has 94 valence electrons. The fourth-order valence-electron chi connectivity index (χ4n) is 1.57. The molecule has 0 aliphatic carbocycles. The molecule has 0 aromatic rings. The molecular weight excluding hydrogens is 260 g/mol. The molecule has 0 aromatic heterocycles. The normalized spacial score (nSPS) is 36.0. The van der Waals surface area contributed by atoms with Gasteiger partial charge in [0, 0.05) is 11.8 Å². The van der Waals surface area contributed by atoms with E-state index in [2.05, 4.69) is 8.37 Å². The maximum absolute atomic E-state index is 10.8. The van der Waals surface area contributed by atoms with Gasteiger partial charge in [-0.15, -0.1) is 0 Å². The van der Waals surface area contributed by atoms with Gasteiger partial charge in [-0.25, -0.2) is 8.37 Å². The van der Waals surface area contributed by atoms with Crippen molar-refractivity contribution in [2.75, 3.05) is 26.4 Å². The number of hydrogen-bond donors (Lipinski definition) is 0. The molecule has 0 spiro atoms. The summed E-state index contributed by atoms with van der Waals surface area (Å²) in [5.74, 6) is 0.0861. The SMILES string of the molecule is O=S1OCC(CC2COS(=O)(=O)OC2)CO1. The third-order valence-electron chi connectivity index (χ3n) is 2.36. The van der Waals surface area contributed by atoms with Crippen LogP contribution < -0.4 is 0 Å². The molecule has 2 saturated heterocycles. The van der Waals surface area contributed by atoms with Crippen molar-refractivity contribution in [3.05, 3.63) is 0 Å². The minimum atomic E-state index is -3.78. The molecule has 2 heterocycles. The average Bonchev–Trinajstić information content (AvgIpc) is 2.24. The van der Waals surface area contributed by atoms with Crippen LogP contribution in [0.5, 0.6) is 0 Å². The average molecular weight is 272 g/mol. The van der Waals surface area contributed by atoms with E-state index < -0.39 is 21.8 Å². The van der Waals surface area contributed by atoms with Gasteiger partial charge in [-0.2, -0.15) is 12.6 Å². The molecule has 0 aromatic carbocycles. The van der Waals surface area contributed by atoms with E-state index in [4.69, 9.17) is 8.37 Å². The second-order valence-corrected chi connectivity index (χ2v) is 5.89. The van der Waals surface area contributed by atoms with Crippen LogP contribution in [0, 0.1) is 11.8 Å². The third kappa shape index (κ3) is 3.47. The lowest BCUT2D eigenvalue weighted by Gasteiger charge is -2.27.